The average Bonchev–Trinajstić information content (AvgIpc) is 3.02. The number of fused-ring (bicyclic) bond motifs is 1. The van der Waals surface area contributed by atoms with Crippen molar-refractivity contribution in [3.63, 3.8) is 0 Å². The van der Waals surface area contributed by atoms with E-state index in [9.17, 15) is 9.18 Å². The maximum Gasteiger partial charge on any atom is 0.263 e. The van der Waals surface area contributed by atoms with Gasteiger partial charge in [0.2, 0.25) is 0 Å². The van der Waals surface area contributed by atoms with Gasteiger partial charge in [-0.15, -0.1) is 11.3 Å². The van der Waals surface area contributed by atoms with Crippen molar-refractivity contribution in [2.75, 3.05) is 5.73 Å². The van der Waals surface area contributed by atoms with E-state index in [1.807, 2.05) is 0 Å². The first-order chi connectivity index (χ1) is 8.16. The van der Waals surface area contributed by atoms with Gasteiger partial charge in [-0.3, -0.25) is 9.78 Å². The molecule has 88 valence electrons. The van der Waals surface area contributed by atoms with Crippen LogP contribution in [-0.4, -0.2) is 16.9 Å². The molecule has 3 N–H and O–H groups in total. The van der Waals surface area contributed by atoms with Crippen molar-refractivity contribution in [1.82, 2.24) is 10.3 Å². The van der Waals surface area contributed by atoms with Crippen LogP contribution in [-0.2, 0) is 0 Å². The number of nitrogens with two attached hydrogens (primary N) is 1. The molecule has 6 heteroatoms. The molecule has 3 rings (SSSR count). The molecule has 0 unspecified atom stereocenters. The van der Waals surface area contributed by atoms with Gasteiger partial charge in [0, 0.05) is 12.2 Å². The molecule has 2 heterocycles. The van der Waals surface area contributed by atoms with Crippen molar-refractivity contribution in [3.8, 4) is 0 Å². The van der Waals surface area contributed by atoms with Crippen molar-refractivity contribution in [3.05, 3.63) is 23.1 Å². The highest BCUT2D eigenvalue weighted by Crippen LogP contribution is 2.35. The van der Waals surface area contributed by atoms with Crippen LogP contribution in [0.25, 0.3) is 10.1 Å². The molecule has 0 aliphatic heterocycles. The number of nitrogens with zero attached hydrogens (tertiary/aromatic N) is 1. The molecular formula is C11H10FN3OS. The summed E-state index contributed by atoms with van der Waals surface area (Å²) in [6.07, 6.45) is 4.64. The van der Waals surface area contributed by atoms with Gasteiger partial charge in [-0.2, -0.15) is 0 Å². The number of thiophene rings is 1. The maximum atomic E-state index is 13.5. The molecule has 1 aliphatic carbocycles. The summed E-state index contributed by atoms with van der Waals surface area (Å²) in [6, 6.07) is 0.259. The summed E-state index contributed by atoms with van der Waals surface area (Å²) in [4.78, 5) is 16.0. The van der Waals surface area contributed by atoms with Crippen LogP contribution in [0.15, 0.2) is 12.4 Å². The number of anilines is 1. The minimum Gasteiger partial charge on any atom is -0.397 e. The molecule has 2 aromatic rings. The Bertz CT molecular complexity index is 606. The van der Waals surface area contributed by atoms with E-state index < -0.39 is 5.82 Å². The zero-order valence-electron chi connectivity index (χ0n) is 8.87. The van der Waals surface area contributed by atoms with Gasteiger partial charge in [0.15, 0.2) is 5.82 Å². The fourth-order valence-corrected chi connectivity index (χ4v) is 2.69. The van der Waals surface area contributed by atoms with Crippen molar-refractivity contribution in [2.45, 2.75) is 18.9 Å². The van der Waals surface area contributed by atoms with Crippen LogP contribution in [0, 0.1) is 5.82 Å². The van der Waals surface area contributed by atoms with Crippen LogP contribution in [0.1, 0.15) is 22.5 Å². The van der Waals surface area contributed by atoms with E-state index in [1.54, 1.807) is 0 Å². The van der Waals surface area contributed by atoms with Gasteiger partial charge in [0.25, 0.3) is 5.91 Å². The van der Waals surface area contributed by atoms with E-state index in [4.69, 9.17) is 5.73 Å². The van der Waals surface area contributed by atoms with Gasteiger partial charge < -0.3 is 11.1 Å². The molecule has 0 atom stereocenters. The molecule has 0 aromatic carbocycles. The Hall–Kier alpha value is -1.69. The molecule has 1 amide bonds. The van der Waals surface area contributed by atoms with E-state index in [0.717, 1.165) is 19.0 Å². The number of hydrogen-bond acceptors (Lipinski definition) is 4. The number of nitrogen functional groups attached to an aromatic ring is 1. The van der Waals surface area contributed by atoms with E-state index in [0.29, 0.717) is 15.0 Å². The second-order valence-electron chi connectivity index (χ2n) is 4.09. The number of amides is 1. The largest absolute Gasteiger partial charge is 0.397 e. The molecule has 1 fully saturated rings. The minimum atomic E-state index is -0.485. The van der Waals surface area contributed by atoms with Gasteiger partial charge in [-0.1, -0.05) is 0 Å². The third-order valence-electron chi connectivity index (χ3n) is 2.71. The summed E-state index contributed by atoms with van der Waals surface area (Å²) < 4.78 is 14.1. The van der Waals surface area contributed by atoms with Gasteiger partial charge in [0.1, 0.15) is 4.88 Å². The van der Waals surface area contributed by atoms with E-state index in [2.05, 4.69) is 10.3 Å². The van der Waals surface area contributed by atoms with Crippen LogP contribution >= 0.6 is 11.3 Å². The summed E-state index contributed by atoms with van der Waals surface area (Å²) in [5, 5.41) is 3.14. The first-order valence-electron chi connectivity index (χ1n) is 5.29. The fourth-order valence-electron chi connectivity index (χ4n) is 1.68. The van der Waals surface area contributed by atoms with Gasteiger partial charge in [-0.05, 0) is 12.8 Å². The van der Waals surface area contributed by atoms with Gasteiger partial charge in [-0.25, -0.2) is 4.39 Å². The first-order valence-corrected chi connectivity index (χ1v) is 6.11. The zero-order valence-corrected chi connectivity index (χ0v) is 9.68. The Morgan fingerprint density at radius 1 is 1.53 bits per heavy atom. The summed E-state index contributed by atoms with van der Waals surface area (Å²) in [5.74, 6) is -0.702. The van der Waals surface area contributed by atoms with Crippen LogP contribution in [0.4, 0.5) is 10.1 Å². The summed E-state index contributed by atoms with van der Waals surface area (Å²) in [6.45, 7) is 0. The lowest BCUT2D eigenvalue weighted by Crippen LogP contribution is -2.25. The standard InChI is InChI=1S/C11H10FN3OS/c12-6-3-14-4-7-8(6)9(13)10(17-7)11(16)15-5-1-2-5/h3-5H,1-2,13H2,(H,15,16). The lowest BCUT2D eigenvalue weighted by atomic mass is 10.2. The highest BCUT2D eigenvalue weighted by molar-refractivity contribution is 7.21. The number of aromatic nitrogens is 1. The molecule has 4 nitrogen and oxygen atoms in total. The fraction of sp³-hybridized carbons (Fsp3) is 0.273. The molecule has 2 aromatic heterocycles. The topological polar surface area (TPSA) is 68.0 Å². The van der Waals surface area contributed by atoms with Crippen molar-refractivity contribution in [1.29, 1.82) is 0 Å². The third kappa shape index (κ3) is 1.74. The van der Waals surface area contributed by atoms with Crippen LogP contribution < -0.4 is 11.1 Å². The Labute approximate surface area is 101 Å². The Balaban J connectivity index is 2.07. The molecule has 17 heavy (non-hydrogen) atoms. The number of halogens is 1. The molecule has 1 saturated carbocycles. The van der Waals surface area contributed by atoms with E-state index in [-0.39, 0.29) is 17.6 Å². The second kappa shape index (κ2) is 3.66. The summed E-state index contributed by atoms with van der Waals surface area (Å²) in [7, 11) is 0. The molecule has 0 saturated heterocycles. The number of pyridine rings is 1. The first kappa shape index (κ1) is 10.5. The number of rotatable bonds is 2. The second-order valence-corrected chi connectivity index (χ2v) is 5.14. The Kier molecular flexibility index (Phi) is 2.25. The number of hydrogen-bond donors (Lipinski definition) is 2. The smallest absolute Gasteiger partial charge is 0.263 e. The highest BCUT2D eigenvalue weighted by Gasteiger charge is 2.26. The molecule has 0 spiro atoms. The monoisotopic (exact) mass is 251 g/mol. The summed E-state index contributed by atoms with van der Waals surface area (Å²) >= 11 is 1.18. The highest BCUT2D eigenvalue weighted by atomic mass is 32.1. The number of nitrogens with one attached hydrogen (secondary N) is 1. The predicted octanol–water partition coefficient (Wildman–Crippen LogP) is 1.91. The lowest BCUT2D eigenvalue weighted by Gasteiger charge is -2.01. The van der Waals surface area contributed by atoms with Crippen LogP contribution in [0.3, 0.4) is 0 Å². The molecule has 0 bridgehead atoms. The predicted molar refractivity (Wildman–Crippen MR) is 64.5 cm³/mol. The van der Waals surface area contributed by atoms with Crippen molar-refractivity contribution < 1.29 is 9.18 Å². The van der Waals surface area contributed by atoms with Crippen molar-refractivity contribution in [2.24, 2.45) is 0 Å². The van der Waals surface area contributed by atoms with Crippen molar-refractivity contribution >= 4 is 33.0 Å². The number of carbonyl (C=O) groups excluding carboxylic acids is 1. The Morgan fingerprint density at radius 2 is 2.29 bits per heavy atom. The van der Waals surface area contributed by atoms with E-state index in [1.165, 1.54) is 17.5 Å². The zero-order chi connectivity index (χ0) is 12.0. The average molecular weight is 251 g/mol. The van der Waals surface area contributed by atoms with Gasteiger partial charge in [0.05, 0.1) is 22.0 Å². The molecule has 1 aliphatic rings. The van der Waals surface area contributed by atoms with Gasteiger partial charge >= 0.3 is 0 Å². The summed E-state index contributed by atoms with van der Waals surface area (Å²) in [5.41, 5.74) is 6.03. The van der Waals surface area contributed by atoms with Crippen LogP contribution in [0.5, 0.6) is 0 Å². The quantitative estimate of drug-likeness (QED) is 0.856. The molecular weight excluding hydrogens is 241 g/mol. The minimum absolute atomic E-state index is 0.211. The van der Waals surface area contributed by atoms with E-state index >= 15 is 0 Å². The third-order valence-corrected chi connectivity index (χ3v) is 3.85. The lowest BCUT2D eigenvalue weighted by molar-refractivity contribution is 0.0956. The molecule has 0 radical (unpaired) electrons. The SMILES string of the molecule is Nc1c(C(=O)NC2CC2)sc2cncc(F)c12. The number of carbonyl (C=O) groups is 1. The maximum absolute atomic E-state index is 13.5. The Morgan fingerprint density at radius 3 is 2.94 bits per heavy atom. The normalized spacial score (nSPS) is 15.1. The van der Waals surface area contributed by atoms with Crippen LogP contribution in [0.2, 0.25) is 0 Å².